The largest absolute Gasteiger partial charge is 0.480 e. The van der Waals surface area contributed by atoms with Crippen molar-refractivity contribution >= 4 is 5.97 Å². The lowest BCUT2D eigenvalue weighted by molar-refractivity contribution is -0.138. The third-order valence-electron chi connectivity index (χ3n) is 2.27. The van der Waals surface area contributed by atoms with E-state index in [9.17, 15) is 4.79 Å². The Kier molecular flexibility index (Phi) is 5.61. The molecule has 0 saturated heterocycles. The highest BCUT2D eigenvalue weighted by atomic mass is 16.4. The summed E-state index contributed by atoms with van der Waals surface area (Å²) in [5, 5.41) is 7.87. The third-order valence-corrected chi connectivity index (χ3v) is 2.27. The fraction of sp³-hybridized carbons (Fsp3) is 0.133. The average molecular weight is 243 g/mol. The smallest absolute Gasteiger partial charge is 0.320 e. The molecule has 0 aliphatic rings. The molecule has 2 aromatic rings. The molecule has 0 fully saturated rings. The number of hydrogen-bond acceptors (Lipinski definition) is 2. The third kappa shape index (κ3) is 4.80. The lowest BCUT2D eigenvalue weighted by Gasteiger charge is -1.98. The quantitative estimate of drug-likeness (QED) is 0.852. The molecule has 0 spiro atoms. The van der Waals surface area contributed by atoms with Crippen LogP contribution in [0.15, 0.2) is 60.7 Å². The molecule has 2 rings (SSSR count). The maximum absolute atomic E-state index is 9.57. The van der Waals surface area contributed by atoms with Gasteiger partial charge in [0.15, 0.2) is 0 Å². The molecule has 94 valence electrons. The summed E-state index contributed by atoms with van der Waals surface area (Å²) in [4.78, 5) is 9.57. The van der Waals surface area contributed by atoms with Gasteiger partial charge in [-0.05, 0) is 18.1 Å². The standard InChI is InChI=1S/C12H10.C3H7NO2/c1-3-7-11(8-4-1)12-9-5-2-6-10-12;1-2(4)3(5)6/h1-10H;2H,4H2,1H3,(H,5,6)/t;2-/m.0/s1. The summed E-state index contributed by atoms with van der Waals surface area (Å²) in [6.07, 6.45) is 0. The molecule has 0 saturated carbocycles. The number of rotatable bonds is 2. The highest BCUT2D eigenvalue weighted by molar-refractivity contribution is 5.72. The van der Waals surface area contributed by atoms with Gasteiger partial charge in [0, 0.05) is 0 Å². The molecule has 0 aliphatic carbocycles. The molecule has 0 aromatic heterocycles. The predicted molar refractivity (Wildman–Crippen MR) is 73.2 cm³/mol. The van der Waals surface area contributed by atoms with Crippen LogP contribution in [0, 0.1) is 0 Å². The molecule has 3 heteroatoms. The van der Waals surface area contributed by atoms with Gasteiger partial charge in [0.1, 0.15) is 6.04 Å². The predicted octanol–water partition coefficient (Wildman–Crippen LogP) is 2.77. The summed E-state index contributed by atoms with van der Waals surface area (Å²) in [5.41, 5.74) is 7.39. The molecule has 0 aliphatic heterocycles. The first-order chi connectivity index (χ1) is 8.61. The lowest BCUT2D eigenvalue weighted by atomic mass is 10.1. The Hall–Kier alpha value is -2.13. The monoisotopic (exact) mass is 243 g/mol. The molecule has 3 N–H and O–H groups in total. The van der Waals surface area contributed by atoms with Crippen molar-refractivity contribution < 1.29 is 9.90 Å². The first kappa shape index (κ1) is 13.9. The highest BCUT2D eigenvalue weighted by Crippen LogP contribution is 2.17. The van der Waals surface area contributed by atoms with Crippen molar-refractivity contribution in [2.45, 2.75) is 13.0 Å². The summed E-state index contributed by atoms with van der Waals surface area (Å²) in [6.45, 7) is 1.42. The first-order valence-corrected chi connectivity index (χ1v) is 5.70. The van der Waals surface area contributed by atoms with Gasteiger partial charge in [-0.25, -0.2) is 0 Å². The molecular formula is C15H17NO2. The van der Waals surface area contributed by atoms with E-state index < -0.39 is 12.0 Å². The van der Waals surface area contributed by atoms with Gasteiger partial charge in [0.2, 0.25) is 0 Å². The molecule has 0 radical (unpaired) electrons. The van der Waals surface area contributed by atoms with E-state index >= 15 is 0 Å². The number of benzene rings is 2. The first-order valence-electron chi connectivity index (χ1n) is 5.70. The Balaban J connectivity index is 0.000000232. The Labute approximate surface area is 107 Å². The summed E-state index contributed by atoms with van der Waals surface area (Å²) < 4.78 is 0. The summed E-state index contributed by atoms with van der Waals surface area (Å²) in [5.74, 6) is -0.963. The molecule has 18 heavy (non-hydrogen) atoms. The lowest BCUT2D eigenvalue weighted by Crippen LogP contribution is -2.25. The van der Waals surface area contributed by atoms with Gasteiger partial charge < -0.3 is 10.8 Å². The van der Waals surface area contributed by atoms with Gasteiger partial charge in [-0.1, -0.05) is 60.7 Å². The van der Waals surface area contributed by atoms with E-state index in [1.165, 1.54) is 18.1 Å². The van der Waals surface area contributed by atoms with E-state index in [1.54, 1.807) is 0 Å². The van der Waals surface area contributed by atoms with E-state index in [0.717, 1.165) is 0 Å². The van der Waals surface area contributed by atoms with Gasteiger partial charge >= 0.3 is 5.97 Å². The van der Waals surface area contributed by atoms with Crippen molar-refractivity contribution in [3.63, 3.8) is 0 Å². The van der Waals surface area contributed by atoms with Crippen molar-refractivity contribution in [2.24, 2.45) is 5.73 Å². The van der Waals surface area contributed by atoms with E-state index in [4.69, 9.17) is 10.8 Å². The molecule has 3 nitrogen and oxygen atoms in total. The maximum atomic E-state index is 9.57. The van der Waals surface area contributed by atoms with Gasteiger partial charge in [0.05, 0.1) is 0 Å². The minimum atomic E-state index is -0.963. The van der Waals surface area contributed by atoms with Crippen LogP contribution >= 0.6 is 0 Å². The number of carbonyl (C=O) groups is 1. The minimum Gasteiger partial charge on any atom is -0.480 e. The summed E-state index contributed by atoms with van der Waals surface area (Å²) >= 11 is 0. The second-order valence-corrected chi connectivity index (χ2v) is 3.86. The molecular weight excluding hydrogens is 226 g/mol. The maximum Gasteiger partial charge on any atom is 0.320 e. The zero-order valence-corrected chi connectivity index (χ0v) is 10.3. The normalized spacial score (nSPS) is 11.0. The zero-order chi connectivity index (χ0) is 13.4. The molecule has 1 atom stereocenters. The van der Waals surface area contributed by atoms with Crippen molar-refractivity contribution in [3.05, 3.63) is 60.7 Å². The van der Waals surface area contributed by atoms with Crippen molar-refractivity contribution in [3.8, 4) is 11.1 Å². The number of carboxylic acids is 1. The van der Waals surface area contributed by atoms with E-state index in [0.29, 0.717) is 0 Å². The summed E-state index contributed by atoms with van der Waals surface area (Å²) in [7, 11) is 0. The fourth-order valence-electron chi connectivity index (χ4n) is 1.26. The highest BCUT2D eigenvalue weighted by Gasteiger charge is 1.99. The number of carboxylic acid groups (broad SMARTS) is 1. The van der Waals surface area contributed by atoms with Crippen LogP contribution in [0.2, 0.25) is 0 Å². The molecule has 0 amide bonds. The second kappa shape index (κ2) is 7.25. The van der Waals surface area contributed by atoms with Crippen molar-refractivity contribution in [1.82, 2.24) is 0 Å². The zero-order valence-electron chi connectivity index (χ0n) is 10.3. The molecule has 0 unspecified atom stereocenters. The van der Waals surface area contributed by atoms with E-state index in [2.05, 4.69) is 48.5 Å². The van der Waals surface area contributed by atoms with Crippen LogP contribution < -0.4 is 5.73 Å². The topological polar surface area (TPSA) is 63.3 Å². The Bertz CT molecular complexity index is 429. The second-order valence-electron chi connectivity index (χ2n) is 3.86. The number of nitrogens with two attached hydrogens (primary N) is 1. The van der Waals surface area contributed by atoms with Gasteiger partial charge in [-0.3, -0.25) is 4.79 Å². The molecule has 0 heterocycles. The van der Waals surface area contributed by atoms with Gasteiger partial charge in [-0.2, -0.15) is 0 Å². The Morgan fingerprint density at radius 1 is 0.944 bits per heavy atom. The van der Waals surface area contributed by atoms with Crippen LogP contribution in [0.25, 0.3) is 11.1 Å². The van der Waals surface area contributed by atoms with Crippen molar-refractivity contribution in [2.75, 3.05) is 0 Å². The Morgan fingerprint density at radius 3 is 1.44 bits per heavy atom. The SMILES string of the molecule is C[C@H](N)C(=O)O.c1ccc(-c2ccccc2)cc1. The van der Waals surface area contributed by atoms with Crippen LogP contribution in [-0.2, 0) is 4.79 Å². The minimum absolute atomic E-state index is 0.731. The van der Waals surface area contributed by atoms with Crippen LogP contribution in [0.3, 0.4) is 0 Å². The van der Waals surface area contributed by atoms with Gasteiger partial charge in [0.25, 0.3) is 0 Å². The van der Waals surface area contributed by atoms with Crippen molar-refractivity contribution in [1.29, 1.82) is 0 Å². The fourth-order valence-corrected chi connectivity index (χ4v) is 1.26. The number of hydrogen-bond donors (Lipinski definition) is 2. The van der Waals surface area contributed by atoms with Crippen LogP contribution in [0.1, 0.15) is 6.92 Å². The molecule has 0 bridgehead atoms. The summed E-state index contributed by atoms with van der Waals surface area (Å²) in [6, 6.07) is 20.0. The number of aliphatic carboxylic acids is 1. The average Bonchev–Trinajstić information content (AvgIpc) is 2.41. The van der Waals surface area contributed by atoms with Crippen LogP contribution in [0.5, 0.6) is 0 Å². The van der Waals surface area contributed by atoms with E-state index in [1.807, 2.05) is 12.1 Å². The van der Waals surface area contributed by atoms with Crippen LogP contribution in [0.4, 0.5) is 0 Å². The van der Waals surface area contributed by atoms with Crippen LogP contribution in [-0.4, -0.2) is 17.1 Å². The Morgan fingerprint density at radius 2 is 1.22 bits per heavy atom. The van der Waals surface area contributed by atoms with E-state index in [-0.39, 0.29) is 0 Å². The van der Waals surface area contributed by atoms with Gasteiger partial charge in [-0.15, -0.1) is 0 Å². The molecule has 2 aromatic carbocycles.